The summed E-state index contributed by atoms with van der Waals surface area (Å²) in [6.07, 6.45) is 2.12. The minimum atomic E-state index is 0.145. The van der Waals surface area contributed by atoms with Crippen molar-refractivity contribution in [3.8, 4) is 0 Å². The van der Waals surface area contributed by atoms with E-state index in [1.54, 1.807) is 14.2 Å². The molecular weight excluding hydrogens is 156 g/mol. The van der Waals surface area contributed by atoms with Gasteiger partial charge in [-0.3, -0.25) is 11.3 Å². The highest BCUT2D eigenvalue weighted by Gasteiger charge is 2.13. The minimum Gasteiger partial charge on any atom is -0.385 e. The Morgan fingerprint density at radius 2 is 2.08 bits per heavy atom. The molecule has 0 aromatic rings. The Kier molecular flexibility index (Phi) is 7.39. The highest BCUT2D eigenvalue weighted by Crippen LogP contribution is 2.04. The standard InChI is InChI=1S/C8H20N2O2/c1-7(12-3)8(10-9)5-4-6-11-2/h7-8,10H,4-6,9H2,1-3H3. The van der Waals surface area contributed by atoms with Crippen LogP contribution in [-0.4, -0.2) is 33.0 Å². The molecule has 0 rings (SSSR count). The van der Waals surface area contributed by atoms with Crippen molar-refractivity contribution in [1.29, 1.82) is 0 Å². The fourth-order valence-electron chi connectivity index (χ4n) is 1.07. The summed E-state index contributed by atoms with van der Waals surface area (Å²) in [6, 6.07) is 0.213. The second-order valence-electron chi connectivity index (χ2n) is 2.85. The third kappa shape index (κ3) is 4.66. The van der Waals surface area contributed by atoms with E-state index in [0.717, 1.165) is 19.4 Å². The van der Waals surface area contributed by atoms with Crippen LogP contribution in [0.2, 0.25) is 0 Å². The summed E-state index contributed by atoms with van der Waals surface area (Å²) >= 11 is 0. The van der Waals surface area contributed by atoms with Crippen molar-refractivity contribution in [2.75, 3.05) is 20.8 Å². The van der Waals surface area contributed by atoms with E-state index >= 15 is 0 Å². The maximum atomic E-state index is 5.36. The molecule has 0 saturated heterocycles. The molecule has 0 aliphatic heterocycles. The molecule has 0 amide bonds. The predicted octanol–water partition coefficient (Wildman–Crippen LogP) is 0.280. The molecule has 0 aliphatic rings. The average Bonchev–Trinajstić information content (AvgIpc) is 2.11. The van der Waals surface area contributed by atoms with E-state index in [2.05, 4.69) is 5.43 Å². The van der Waals surface area contributed by atoms with Crippen LogP contribution >= 0.6 is 0 Å². The van der Waals surface area contributed by atoms with Crippen molar-refractivity contribution in [2.45, 2.75) is 31.9 Å². The van der Waals surface area contributed by atoms with E-state index in [0.29, 0.717) is 0 Å². The lowest BCUT2D eigenvalue weighted by Gasteiger charge is -2.21. The van der Waals surface area contributed by atoms with E-state index in [4.69, 9.17) is 15.3 Å². The third-order valence-corrected chi connectivity index (χ3v) is 2.02. The van der Waals surface area contributed by atoms with Gasteiger partial charge >= 0.3 is 0 Å². The van der Waals surface area contributed by atoms with Crippen molar-refractivity contribution in [3.63, 3.8) is 0 Å². The van der Waals surface area contributed by atoms with Crippen molar-refractivity contribution in [2.24, 2.45) is 5.84 Å². The summed E-state index contributed by atoms with van der Waals surface area (Å²) in [5.74, 6) is 5.36. The van der Waals surface area contributed by atoms with E-state index in [9.17, 15) is 0 Å². The van der Waals surface area contributed by atoms with Gasteiger partial charge in [0.15, 0.2) is 0 Å². The van der Waals surface area contributed by atoms with Gasteiger partial charge in [0, 0.05) is 26.9 Å². The average molecular weight is 176 g/mol. The molecule has 4 nitrogen and oxygen atoms in total. The monoisotopic (exact) mass is 176 g/mol. The molecule has 0 aromatic carbocycles. The lowest BCUT2D eigenvalue weighted by molar-refractivity contribution is 0.0756. The number of rotatable bonds is 7. The largest absolute Gasteiger partial charge is 0.385 e. The number of hydrogen-bond acceptors (Lipinski definition) is 4. The molecule has 0 bridgehead atoms. The van der Waals surface area contributed by atoms with Crippen LogP contribution in [0.5, 0.6) is 0 Å². The lowest BCUT2D eigenvalue weighted by Crippen LogP contribution is -2.43. The molecule has 3 N–H and O–H groups in total. The first-order valence-electron chi connectivity index (χ1n) is 4.24. The van der Waals surface area contributed by atoms with Gasteiger partial charge in [0.2, 0.25) is 0 Å². The first-order chi connectivity index (χ1) is 5.76. The fourth-order valence-corrected chi connectivity index (χ4v) is 1.07. The minimum absolute atomic E-state index is 0.145. The molecule has 2 atom stereocenters. The van der Waals surface area contributed by atoms with E-state index < -0.39 is 0 Å². The summed E-state index contributed by atoms with van der Waals surface area (Å²) < 4.78 is 10.1. The van der Waals surface area contributed by atoms with Gasteiger partial charge in [-0.1, -0.05) is 0 Å². The van der Waals surface area contributed by atoms with Crippen LogP contribution in [0.1, 0.15) is 19.8 Å². The van der Waals surface area contributed by atoms with Crippen molar-refractivity contribution >= 4 is 0 Å². The van der Waals surface area contributed by atoms with E-state index in [1.165, 1.54) is 0 Å². The molecule has 0 fully saturated rings. The van der Waals surface area contributed by atoms with E-state index in [1.807, 2.05) is 6.92 Å². The lowest BCUT2D eigenvalue weighted by atomic mass is 10.1. The maximum absolute atomic E-state index is 5.36. The Bertz CT molecular complexity index is 101. The van der Waals surface area contributed by atoms with Gasteiger partial charge in [-0.2, -0.15) is 0 Å². The van der Waals surface area contributed by atoms with Gasteiger partial charge in [0.1, 0.15) is 0 Å². The number of methoxy groups -OCH3 is 2. The van der Waals surface area contributed by atoms with Crippen LogP contribution in [-0.2, 0) is 9.47 Å². The number of hydrogen-bond donors (Lipinski definition) is 2. The Balaban J connectivity index is 3.52. The summed E-state index contributed by atoms with van der Waals surface area (Å²) in [7, 11) is 3.38. The van der Waals surface area contributed by atoms with Gasteiger partial charge in [-0.25, -0.2) is 0 Å². The molecule has 74 valence electrons. The van der Waals surface area contributed by atoms with Gasteiger partial charge in [0.05, 0.1) is 6.10 Å². The quantitative estimate of drug-likeness (QED) is 0.332. The topological polar surface area (TPSA) is 56.5 Å². The van der Waals surface area contributed by atoms with Crippen molar-refractivity contribution < 1.29 is 9.47 Å². The van der Waals surface area contributed by atoms with Crippen LogP contribution in [0.3, 0.4) is 0 Å². The van der Waals surface area contributed by atoms with Crippen LogP contribution in [0, 0.1) is 0 Å². The molecule has 0 aromatic heterocycles. The van der Waals surface area contributed by atoms with Crippen molar-refractivity contribution in [1.82, 2.24) is 5.43 Å². The molecular formula is C8H20N2O2. The molecule has 0 radical (unpaired) electrons. The maximum Gasteiger partial charge on any atom is 0.0709 e. The molecule has 2 unspecified atom stereocenters. The van der Waals surface area contributed by atoms with Gasteiger partial charge in [-0.05, 0) is 19.8 Å². The molecule has 0 saturated carbocycles. The summed E-state index contributed by atoms with van der Waals surface area (Å²) in [5, 5.41) is 0. The van der Waals surface area contributed by atoms with Gasteiger partial charge in [0.25, 0.3) is 0 Å². The summed E-state index contributed by atoms with van der Waals surface area (Å²) in [4.78, 5) is 0. The Morgan fingerprint density at radius 3 is 2.50 bits per heavy atom. The second-order valence-corrected chi connectivity index (χ2v) is 2.85. The van der Waals surface area contributed by atoms with Gasteiger partial charge in [-0.15, -0.1) is 0 Å². The Morgan fingerprint density at radius 1 is 1.42 bits per heavy atom. The highest BCUT2D eigenvalue weighted by molar-refractivity contribution is 4.70. The van der Waals surface area contributed by atoms with Crippen LogP contribution < -0.4 is 11.3 Å². The zero-order valence-electron chi connectivity index (χ0n) is 8.17. The first kappa shape index (κ1) is 11.8. The second kappa shape index (κ2) is 7.49. The van der Waals surface area contributed by atoms with E-state index in [-0.39, 0.29) is 12.1 Å². The fraction of sp³-hybridized carbons (Fsp3) is 1.00. The zero-order chi connectivity index (χ0) is 9.40. The molecule has 0 spiro atoms. The third-order valence-electron chi connectivity index (χ3n) is 2.02. The first-order valence-corrected chi connectivity index (χ1v) is 4.24. The van der Waals surface area contributed by atoms with Crippen LogP contribution in [0.4, 0.5) is 0 Å². The smallest absolute Gasteiger partial charge is 0.0709 e. The number of ether oxygens (including phenoxy) is 2. The number of nitrogens with one attached hydrogen (secondary N) is 1. The summed E-state index contributed by atoms with van der Waals surface area (Å²) in [6.45, 7) is 2.77. The van der Waals surface area contributed by atoms with Crippen LogP contribution in [0.25, 0.3) is 0 Å². The molecule has 0 heterocycles. The number of nitrogens with two attached hydrogens (primary N) is 1. The molecule has 0 aliphatic carbocycles. The Labute approximate surface area is 74.4 Å². The highest BCUT2D eigenvalue weighted by atomic mass is 16.5. The van der Waals surface area contributed by atoms with Crippen LogP contribution in [0.15, 0.2) is 0 Å². The van der Waals surface area contributed by atoms with Crippen molar-refractivity contribution in [3.05, 3.63) is 0 Å². The summed E-state index contributed by atoms with van der Waals surface area (Å²) in [5.41, 5.74) is 2.73. The Hall–Kier alpha value is -0.160. The SMILES string of the molecule is COCCCC(NN)C(C)OC. The number of hydrazine groups is 1. The zero-order valence-corrected chi connectivity index (χ0v) is 8.17. The molecule has 12 heavy (non-hydrogen) atoms. The van der Waals surface area contributed by atoms with Gasteiger partial charge < -0.3 is 9.47 Å². The predicted molar refractivity (Wildman–Crippen MR) is 48.7 cm³/mol. The molecule has 4 heteroatoms. The normalized spacial score (nSPS) is 16.0.